The maximum atomic E-state index is 16.1. The zero-order chi connectivity index (χ0) is 30.5. The molecule has 4 aliphatic rings. The molecule has 8 nitrogen and oxygen atoms in total. The lowest BCUT2D eigenvalue weighted by atomic mass is 9.96. The number of benzene rings is 2. The second-order valence-electron chi connectivity index (χ2n) is 12.0. The molecule has 0 bridgehead atoms. The number of phenols is 1. The molecule has 4 aliphatic heterocycles. The van der Waals surface area contributed by atoms with E-state index in [1.807, 2.05) is 0 Å². The second kappa shape index (κ2) is 11.4. The first-order valence-electron chi connectivity index (χ1n) is 14.9. The quantitative estimate of drug-likeness (QED) is 0.324. The van der Waals surface area contributed by atoms with E-state index in [4.69, 9.17) is 15.9 Å². The molecule has 1 N–H and O–H groups in total. The lowest BCUT2D eigenvalue weighted by molar-refractivity contribution is 0.177. The van der Waals surface area contributed by atoms with Gasteiger partial charge >= 0.3 is 6.01 Å². The lowest BCUT2D eigenvalue weighted by Crippen LogP contribution is -2.24. The van der Waals surface area contributed by atoms with Crippen LogP contribution in [-0.4, -0.2) is 83.7 Å². The number of methoxy groups -OCH3 is 1. The van der Waals surface area contributed by atoms with Crippen molar-refractivity contribution in [2.24, 2.45) is 11.8 Å². The Hall–Kier alpha value is -4.14. The molecule has 4 saturated heterocycles. The van der Waals surface area contributed by atoms with Gasteiger partial charge in [0.25, 0.3) is 0 Å². The standard InChI is InChI=1S/C26H20F2N4O3.C7H12FN/c1-3-17-20(27)5-4-13-6-16(33)7-18(21(13)17)23-22(28)24-19(8-29-23)25(31-26(30-24)34-2)32-9-14-11-35-12-15(14)10-32;8-6-4-7-2-1-3-9(7)5-6/h1,4-8,14-15,33H,9-12H2,2H3;6-7H,1-5H2. The van der Waals surface area contributed by atoms with Gasteiger partial charge in [0, 0.05) is 54.7 Å². The number of hydrogen-bond donors (Lipinski definition) is 1. The van der Waals surface area contributed by atoms with Crippen molar-refractivity contribution in [3.63, 3.8) is 0 Å². The number of terminal acetylenes is 1. The van der Waals surface area contributed by atoms with E-state index in [9.17, 15) is 13.9 Å². The molecule has 4 unspecified atom stereocenters. The molecule has 0 amide bonds. The number of pyridine rings is 1. The Morgan fingerprint density at radius 1 is 1.11 bits per heavy atom. The van der Waals surface area contributed by atoms with Crippen molar-refractivity contribution in [1.29, 1.82) is 0 Å². The van der Waals surface area contributed by atoms with Crippen LogP contribution < -0.4 is 9.64 Å². The van der Waals surface area contributed by atoms with Crippen LogP contribution in [0.15, 0.2) is 30.5 Å². The van der Waals surface area contributed by atoms with E-state index in [2.05, 4.69) is 30.7 Å². The number of alkyl halides is 1. The van der Waals surface area contributed by atoms with Crippen LogP contribution in [-0.2, 0) is 4.74 Å². The highest BCUT2D eigenvalue weighted by molar-refractivity contribution is 6.03. The molecule has 2 aromatic carbocycles. The van der Waals surface area contributed by atoms with E-state index in [1.165, 1.54) is 50.4 Å². The number of aromatic nitrogens is 3. The van der Waals surface area contributed by atoms with E-state index >= 15 is 4.39 Å². The summed E-state index contributed by atoms with van der Waals surface area (Å²) >= 11 is 0. The zero-order valence-electron chi connectivity index (χ0n) is 24.3. The fourth-order valence-electron chi connectivity index (χ4n) is 7.18. The van der Waals surface area contributed by atoms with Crippen LogP contribution in [0.4, 0.5) is 19.0 Å². The Morgan fingerprint density at radius 3 is 2.64 bits per heavy atom. The van der Waals surface area contributed by atoms with Crippen LogP contribution in [0.25, 0.3) is 32.9 Å². The minimum atomic E-state index is -0.744. The molecular formula is C33H32F3N5O3. The van der Waals surface area contributed by atoms with Crippen LogP contribution in [0.1, 0.15) is 24.8 Å². The van der Waals surface area contributed by atoms with Crippen LogP contribution in [0, 0.1) is 35.8 Å². The Bertz CT molecular complexity index is 1770. The number of fused-ring (bicyclic) bond motifs is 4. The Kier molecular flexibility index (Phi) is 7.42. The molecule has 11 heteroatoms. The van der Waals surface area contributed by atoms with E-state index in [-0.39, 0.29) is 39.5 Å². The average Bonchev–Trinajstić information content (AvgIpc) is 3.79. The molecule has 6 heterocycles. The normalized spacial score (nSPS) is 24.3. The van der Waals surface area contributed by atoms with E-state index in [1.54, 1.807) is 0 Å². The number of ether oxygens (including phenoxy) is 2. The van der Waals surface area contributed by atoms with Crippen LogP contribution in [0.5, 0.6) is 11.8 Å². The first-order chi connectivity index (χ1) is 21.3. The van der Waals surface area contributed by atoms with Crippen molar-refractivity contribution < 1.29 is 27.8 Å². The summed E-state index contributed by atoms with van der Waals surface area (Å²) in [7, 11) is 1.42. The first-order valence-corrected chi connectivity index (χ1v) is 14.9. The van der Waals surface area contributed by atoms with Crippen LogP contribution >= 0.6 is 0 Å². The first kappa shape index (κ1) is 28.6. The van der Waals surface area contributed by atoms with Gasteiger partial charge in [-0.1, -0.05) is 12.0 Å². The third-order valence-electron chi connectivity index (χ3n) is 9.28. The molecule has 44 heavy (non-hydrogen) atoms. The number of halogens is 3. The predicted molar refractivity (Wildman–Crippen MR) is 160 cm³/mol. The number of nitrogens with zero attached hydrogens (tertiary/aromatic N) is 5. The summed E-state index contributed by atoms with van der Waals surface area (Å²) in [5.74, 6) is 2.16. The number of rotatable bonds is 3. The van der Waals surface area contributed by atoms with Crippen molar-refractivity contribution >= 4 is 27.5 Å². The number of aromatic hydroxyl groups is 1. The van der Waals surface area contributed by atoms with Crippen LogP contribution in [0.3, 0.4) is 0 Å². The molecule has 4 atom stereocenters. The summed E-state index contributed by atoms with van der Waals surface area (Å²) in [6.07, 6.45) is 9.89. The Balaban J connectivity index is 0.000000296. The molecule has 0 radical (unpaired) electrons. The lowest BCUT2D eigenvalue weighted by Gasteiger charge is -2.21. The molecular weight excluding hydrogens is 571 g/mol. The Labute approximate surface area is 252 Å². The van der Waals surface area contributed by atoms with E-state index in [0.29, 0.717) is 54.2 Å². The third-order valence-corrected chi connectivity index (χ3v) is 9.28. The largest absolute Gasteiger partial charge is 0.508 e. The zero-order valence-corrected chi connectivity index (χ0v) is 24.3. The highest BCUT2D eigenvalue weighted by atomic mass is 19.1. The number of phenolic OH excluding ortho intramolecular Hbond substituents is 1. The summed E-state index contributed by atoms with van der Waals surface area (Å²) in [4.78, 5) is 17.5. The molecule has 0 saturated carbocycles. The third kappa shape index (κ3) is 4.96. The van der Waals surface area contributed by atoms with Gasteiger partial charge in [-0.15, -0.1) is 6.42 Å². The van der Waals surface area contributed by atoms with Gasteiger partial charge in [0.1, 0.15) is 34.8 Å². The minimum absolute atomic E-state index is 0.0142. The summed E-state index contributed by atoms with van der Waals surface area (Å²) in [5.41, 5.74) is 0.0311. The molecule has 0 aliphatic carbocycles. The van der Waals surface area contributed by atoms with Crippen molar-refractivity contribution in [3.8, 4) is 35.4 Å². The maximum absolute atomic E-state index is 16.1. The number of anilines is 1. The highest BCUT2D eigenvalue weighted by Gasteiger charge is 2.39. The van der Waals surface area contributed by atoms with Gasteiger partial charge in [-0.3, -0.25) is 9.88 Å². The molecule has 8 rings (SSSR count). The molecule has 228 valence electrons. The summed E-state index contributed by atoms with van der Waals surface area (Å²) in [6.45, 7) is 4.69. The van der Waals surface area contributed by atoms with Gasteiger partial charge in [-0.05, 0) is 49.4 Å². The minimum Gasteiger partial charge on any atom is -0.508 e. The van der Waals surface area contributed by atoms with Gasteiger partial charge in [-0.25, -0.2) is 13.2 Å². The number of hydrogen-bond acceptors (Lipinski definition) is 8. The van der Waals surface area contributed by atoms with Gasteiger partial charge in [-0.2, -0.15) is 9.97 Å². The fraction of sp³-hybridized carbons (Fsp3) is 0.424. The predicted octanol–water partition coefficient (Wildman–Crippen LogP) is 5.09. The molecule has 2 aromatic heterocycles. The van der Waals surface area contributed by atoms with Gasteiger partial charge in [0.15, 0.2) is 5.82 Å². The maximum Gasteiger partial charge on any atom is 0.318 e. The summed E-state index contributed by atoms with van der Waals surface area (Å²) < 4.78 is 54.1. The van der Waals surface area contributed by atoms with Gasteiger partial charge < -0.3 is 19.5 Å². The van der Waals surface area contributed by atoms with Crippen molar-refractivity contribution in [2.75, 3.05) is 51.4 Å². The monoisotopic (exact) mass is 603 g/mol. The van der Waals surface area contributed by atoms with Crippen molar-refractivity contribution in [2.45, 2.75) is 31.5 Å². The Morgan fingerprint density at radius 2 is 1.91 bits per heavy atom. The highest BCUT2D eigenvalue weighted by Crippen LogP contribution is 2.40. The molecule has 4 aromatic rings. The average molecular weight is 604 g/mol. The van der Waals surface area contributed by atoms with Gasteiger partial charge in [0.05, 0.1) is 31.3 Å². The topological polar surface area (TPSA) is 83.8 Å². The molecule has 0 spiro atoms. The summed E-state index contributed by atoms with van der Waals surface area (Å²) in [6, 6.07) is 6.08. The fourth-order valence-corrected chi connectivity index (χ4v) is 7.18. The van der Waals surface area contributed by atoms with E-state index < -0.39 is 17.8 Å². The van der Waals surface area contributed by atoms with E-state index in [0.717, 1.165) is 26.1 Å². The summed E-state index contributed by atoms with van der Waals surface area (Å²) in [5, 5.41) is 11.5. The second-order valence-corrected chi connectivity index (χ2v) is 12.0. The smallest absolute Gasteiger partial charge is 0.318 e. The van der Waals surface area contributed by atoms with Crippen molar-refractivity contribution in [3.05, 3.63) is 47.7 Å². The molecule has 4 fully saturated rings. The van der Waals surface area contributed by atoms with Gasteiger partial charge in [0.2, 0.25) is 0 Å². The SMILES string of the molecule is C#Cc1c(F)ccc2cc(O)cc(-c3ncc4c(N5CC6COCC6C5)nc(OC)nc4c3F)c12.FC1CC2CCCN2C1. The van der Waals surface area contributed by atoms with Crippen molar-refractivity contribution in [1.82, 2.24) is 19.9 Å². The van der Waals surface area contributed by atoms with Crippen LogP contribution in [0.2, 0.25) is 0 Å².